The van der Waals surface area contributed by atoms with Gasteiger partial charge in [0, 0.05) is 31.0 Å². The third-order valence-corrected chi connectivity index (χ3v) is 7.93. The molecule has 0 aliphatic carbocycles. The zero-order chi connectivity index (χ0) is 23.7. The molecule has 2 aromatic heterocycles. The monoisotopic (exact) mass is 475 g/mol. The molecule has 0 amide bonds. The maximum atomic E-state index is 12.9. The lowest BCUT2D eigenvalue weighted by Gasteiger charge is -2.26. The molecule has 0 saturated carbocycles. The number of ether oxygens (including phenoxy) is 2. The molecule has 0 unspecified atom stereocenters. The van der Waals surface area contributed by atoms with Crippen LogP contribution in [0.25, 0.3) is 22.5 Å². The lowest BCUT2D eigenvalue weighted by Crippen LogP contribution is -2.34. The van der Waals surface area contributed by atoms with Crippen molar-refractivity contribution in [3.05, 3.63) is 84.7 Å². The Morgan fingerprint density at radius 3 is 2.35 bits per heavy atom. The summed E-state index contributed by atoms with van der Waals surface area (Å²) >= 11 is 0. The second-order valence-electron chi connectivity index (χ2n) is 8.03. The smallest absolute Gasteiger partial charge is 0.243 e. The van der Waals surface area contributed by atoms with Gasteiger partial charge < -0.3 is 13.9 Å². The van der Waals surface area contributed by atoms with Gasteiger partial charge in [0.25, 0.3) is 0 Å². The SMILES string of the molecule is COc1ccc(-c2cn3cc(C4=CCN(S(=O)(=O)c5ccccc5)CC4)ccc3n2)cc1OC. The van der Waals surface area contributed by atoms with Crippen LogP contribution in [0, 0.1) is 0 Å². The highest BCUT2D eigenvalue weighted by Crippen LogP contribution is 2.32. The van der Waals surface area contributed by atoms with Crippen LogP contribution in [0.3, 0.4) is 0 Å². The van der Waals surface area contributed by atoms with Gasteiger partial charge in [0.05, 0.1) is 24.8 Å². The van der Waals surface area contributed by atoms with E-state index in [-0.39, 0.29) is 0 Å². The largest absolute Gasteiger partial charge is 0.493 e. The molecule has 3 heterocycles. The molecule has 2 aromatic carbocycles. The first-order valence-electron chi connectivity index (χ1n) is 11.0. The Balaban J connectivity index is 1.39. The molecule has 34 heavy (non-hydrogen) atoms. The minimum atomic E-state index is -3.49. The molecule has 0 atom stereocenters. The normalized spacial score (nSPS) is 14.7. The van der Waals surface area contributed by atoms with Gasteiger partial charge in [0.15, 0.2) is 11.5 Å². The standard InChI is InChI=1S/C26H25N3O4S/c1-32-24-10-8-20(16-25(24)33-2)23-18-28-17-21(9-11-26(28)27-23)19-12-14-29(15-13-19)34(30,31)22-6-4-3-5-7-22/h3-12,16-18H,13-15H2,1-2H3. The number of rotatable bonds is 6. The Morgan fingerprint density at radius 2 is 1.65 bits per heavy atom. The quantitative estimate of drug-likeness (QED) is 0.411. The van der Waals surface area contributed by atoms with Crippen molar-refractivity contribution in [1.29, 1.82) is 0 Å². The van der Waals surface area contributed by atoms with E-state index in [9.17, 15) is 8.42 Å². The predicted molar refractivity (Wildman–Crippen MR) is 132 cm³/mol. The molecule has 1 aliphatic rings. The maximum absolute atomic E-state index is 12.9. The van der Waals surface area contributed by atoms with Crippen LogP contribution < -0.4 is 9.47 Å². The van der Waals surface area contributed by atoms with E-state index in [1.54, 1.807) is 38.5 Å². The second-order valence-corrected chi connectivity index (χ2v) is 9.97. The summed E-state index contributed by atoms with van der Waals surface area (Å²) in [5.74, 6) is 1.32. The first-order chi connectivity index (χ1) is 16.5. The molecular formula is C26H25N3O4S. The highest BCUT2D eigenvalue weighted by Gasteiger charge is 2.26. The van der Waals surface area contributed by atoms with Crippen LogP contribution in [0.5, 0.6) is 11.5 Å². The third kappa shape index (κ3) is 4.06. The number of aromatic nitrogens is 2. The van der Waals surface area contributed by atoms with Crippen molar-refractivity contribution in [2.75, 3.05) is 27.3 Å². The summed E-state index contributed by atoms with van der Waals surface area (Å²) in [6.07, 6.45) is 6.67. The summed E-state index contributed by atoms with van der Waals surface area (Å²) in [6.45, 7) is 0.799. The number of hydrogen-bond donors (Lipinski definition) is 0. The zero-order valence-electron chi connectivity index (χ0n) is 19.0. The van der Waals surface area contributed by atoms with Crippen molar-refractivity contribution in [3.63, 3.8) is 0 Å². The van der Waals surface area contributed by atoms with Gasteiger partial charge in [-0.15, -0.1) is 0 Å². The molecule has 5 rings (SSSR count). The highest BCUT2D eigenvalue weighted by molar-refractivity contribution is 7.89. The van der Waals surface area contributed by atoms with E-state index in [2.05, 4.69) is 0 Å². The van der Waals surface area contributed by atoms with Crippen LogP contribution in [0.2, 0.25) is 0 Å². The minimum absolute atomic E-state index is 0.328. The number of sulfonamides is 1. The van der Waals surface area contributed by atoms with Crippen LogP contribution in [0.1, 0.15) is 12.0 Å². The average molecular weight is 476 g/mol. The van der Waals surface area contributed by atoms with Crippen molar-refractivity contribution < 1.29 is 17.9 Å². The first-order valence-corrected chi connectivity index (χ1v) is 12.4. The molecule has 0 bridgehead atoms. The van der Waals surface area contributed by atoms with Crippen molar-refractivity contribution >= 4 is 21.2 Å². The van der Waals surface area contributed by atoms with E-state index in [1.165, 1.54) is 4.31 Å². The van der Waals surface area contributed by atoms with Crippen LogP contribution in [0.15, 0.2) is 84.0 Å². The Bertz CT molecular complexity index is 1480. The van der Waals surface area contributed by atoms with Gasteiger partial charge in [-0.25, -0.2) is 13.4 Å². The van der Waals surface area contributed by atoms with E-state index < -0.39 is 10.0 Å². The summed E-state index contributed by atoms with van der Waals surface area (Å²) in [6, 6.07) is 18.3. The molecule has 7 nitrogen and oxygen atoms in total. The molecule has 0 spiro atoms. The summed E-state index contributed by atoms with van der Waals surface area (Å²) in [4.78, 5) is 5.07. The average Bonchev–Trinajstić information content (AvgIpc) is 3.32. The third-order valence-electron chi connectivity index (χ3n) is 6.05. The van der Waals surface area contributed by atoms with Crippen molar-refractivity contribution in [2.45, 2.75) is 11.3 Å². The molecular weight excluding hydrogens is 450 g/mol. The Hall–Kier alpha value is -3.62. The number of benzene rings is 2. The molecule has 174 valence electrons. The van der Waals surface area contributed by atoms with Gasteiger partial charge in [-0.1, -0.05) is 24.3 Å². The lowest BCUT2D eigenvalue weighted by molar-refractivity contribution is 0.355. The van der Waals surface area contributed by atoms with E-state index in [1.807, 2.05) is 59.3 Å². The Morgan fingerprint density at radius 1 is 0.882 bits per heavy atom. The summed E-state index contributed by atoms with van der Waals surface area (Å²) in [5, 5.41) is 0. The molecule has 8 heteroatoms. The van der Waals surface area contributed by atoms with E-state index in [0.717, 1.165) is 28.0 Å². The van der Waals surface area contributed by atoms with Gasteiger partial charge >= 0.3 is 0 Å². The molecule has 0 fully saturated rings. The number of methoxy groups -OCH3 is 2. The lowest BCUT2D eigenvalue weighted by atomic mass is 10.0. The molecule has 0 radical (unpaired) electrons. The number of pyridine rings is 1. The van der Waals surface area contributed by atoms with Crippen LogP contribution in [-0.4, -0.2) is 49.4 Å². The van der Waals surface area contributed by atoms with E-state index in [4.69, 9.17) is 14.5 Å². The summed E-state index contributed by atoms with van der Waals surface area (Å²) in [7, 11) is -0.262. The molecule has 4 aromatic rings. The maximum Gasteiger partial charge on any atom is 0.243 e. The highest BCUT2D eigenvalue weighted by atomic mass is 32.2. The van der Waals surface area contributed by atoms with Crippen LogP contribution in [0.4, 0.5) is 0 Å². The topological polar surface area (TPSA) is 73.1 Å². The Labute approximate surface area is 198 Å². The predicted octanol–water partition coefficient (Wildman–Crippen LogP) is 4.50. The summed E-state index contributed by atoms with van der Waals surface area (Å²) in [5.41, 5.74) is 4.78. The minimum Gasteiger partial charge on any atom is -0.493 e. The van der Waals surface area contributed by atoms with Crippen LogP contribution in [-0.2, 0) is 10.0 Å². The number of fused-ring (bicyclic) bond motifs is 1. The number of nitrogens with zero attached hydrogens (tertiary/aromatic N) is 3. The number of hydrogen-bond acceptors (Lipinski definition) is 5. The fourth-order valence-electron chi connectivity index (χ4n) is 4.19. The summed E-state index contributed by atoms with van der Waals surface area (Å²) < 4.78 is 40.1. The van der Waals surface area contributed by atoms with Gasteiger partial charge in [-0.3, -0.25) is 0 Å². The van der Waals surface area contributed by atoms with Crippen molar-refractivity contribution in [3.8, 4) is 22.8 Å². The Kier molecular flexibility index (Phi) is 5.85. The second kappa shape index (κ2) is 8.96. The van der Waals surface area contributed by atoms with E-state index >= 15 is 0 Å². The van der Waals surface area contributed by atoms with Crippen molar-refractivity contribution in [1.82, 2.24) is 13.7 Å². The molecule has 1 aliphatic heterocycles. The number of imidazole rings is 1. The fraction of sp³-hybridized carbons (Fsp3) is 0.192. The van der Waals surface area contributed by atoms with Gasteiger partial charge in [-0.2, -0.15) is 4.31 Å². The molecule has 0 N–H and O–H groups in total. The van der Waals surface area contributed by atoms with Crippen LogP contribution >= 0.6 is 0 Å². The van der Waals surface area contributed by atoms with Gasteiger partial charge in [0.2, 0.25) is 10.0 Å². The van der Waals surface area contributed by atoms with Gasteiger partial charge in [0.1, 0.15) is 5.65 Å². The van der Waals surface area contributed by atoms with Gasteiger partial charge in [-0.05, 0) is 60.0 Å². The fourth-order valence-corrected chi connectivity index (χ4v) is 5.59. The molecule has 0 saturated heterocycles. The first kappa shape index (κ1) is 22.2. The van der Waals surface area contributed by atoms with E-state index in [0.29, 0.717) is 35.9 Å². The zero-order valence-corrected chi connectivity index (χ0v) is 19.8. The van der Waals surface area contributed by atoms with Crippen molar-refractivity contribution in [2.24, 2.45) is 0 Å².